The minimum atomic E-state index is -0.107. The van der Waals surface area contributed by atoms with Gasteiger partial charge in [-0.1, -0.05) is 32.8 Å². The Kier molecular flexibility index (Phi) is 4.22. The lowest BCUT2D eigenvalue weighted by Crippen LogP contribution is -2.65. The molecule has 2 heterocycles. The molecule has 4 aliphatic carbocycles. The van der Waals surface area contributed by atoms with Crippen LogP contribution in [-0.4, -0.2) is 29.0 Å². The monoisotopic (exact) mass is 371 g/mol. The van der Waals surface area contributed by atoms with Crippen molar-refractivity contribution in [3.05, 3.63) is 24.4 Å². The highest BCUT2D eigenvalue weighted by molar-refractivity contribution is 8.01. The Morgan fingerprint density at radius 3 is 2.69 bits per heavy atom. The summed E-state index contributed by atoms with van der Waals surface area (Å²) >= 11 is 1.88. The van der Waals surface area contributed by atoms with Crippen molar-refractivity contribution in [3.8, 4) is 0 Å². The molecular formula is C21H30BNO2S. The zero-order chi connectivity index (χ0) is 17.9. The third-order valence-electron chi connectivity index (χ3n) is 8.00. The highest BCUT2D eigenvalue weighted by Crippen LogP contribution is 2.66. The third kappa shape index (κ3) is 2.61. The molecule has 0 aromatic carbocycles. The molecule has 1 saturated heterocycles. The van der Waals surface area contributed by atoms with Crippen LogP contribution in [0.1, 0.15) is 59.3 Å². The molecule has 5 atom stereocenters. The Hall–Kier alpha value is -0.515. The first kappa shape index (κ1) is 17.6. The van der Waals surface area contributed by atoms with E-state index in [1.807, 2.05) is 24.0 Å². The quantitative estimate of drug-likeness (QED) is 0.551. The van der Waals surface area contributed by atoms with Gasteiger partial charge in [0, 0.05) is 11.3 Å². The van der Waals surface area contributed by atoms with Gasteiger partial charge in [0.2, 0.25) is 0 Å². The van der Waals surface area contributed by atoms with Gasteiger partial charge in [-0.05, 0) is 67.9 Å². The first-order chi connectivity index (χ1) is 12.5. The van der Waals surface area contributed by atoms with Crippen molar-refractivity contribution in [1.29, 1.82) is 0 Å². The molecule has 1 aliphatic heterocycles. The Labute approximate surface area is 162 Å². The summed E-state index contributed by atoms with van der Waals surface area (Å²) in [5.41, 5.74) is 0.297. The number of rotatable bonds is 4. The van der Waals surface area contributed by atoms with Gasteiger partial charge in [0.15, 0.2) is 0 Å². The van der Waals surface area contributed by atoms with Crippen LogP contribution in [-0.2, 0) is 9.31 Å². The molecule has 140 valence electrons. The number of nitrogens with zero attached hydrogens (tertiary/aromatic N) is 1. The van der Waals surface area contributed by atoms with E-state index in [0.29, 0.717) is 22.4 Å². The van der Waals surface area contributed by atoms with Crippen LogP contribution in [0.15, 0.2) is 29.4 Å². The van der Waals surface area contributed by atoms with E-state index in [9.17, 15) is 0 Å². The summed E-state index contributed by atoms with van der Waals surface area (Å²) in [6.45, 7) is 7.19. The number of hydrogen-bond acceptors (Lipinski definition) is 4. The van der Waals surface area contributed by atoms with Crippen LogP contribution in [0, 0.1) is 23.2 Å². The fraction of sp³-hybridized carbons (Fsp3) is 0.762. The van der Waals surface area contributed by atoms with Crippen LogP contribution < -0.4 is 0 Å². The van der Waals surface area contributed by atoms with Gasteiger partial charge in [0.05, 0.1) is 16.7 Å². The smallest absolute Gasteiger partial charge is 0.405 e. The maximum atomic E-state index is 6.81. The molecule has 1 unspecified atom stereocenters. The van der Waals surface area contributed by atoms with E-state index in [1.54, 1.807) is 0 Å². The van der Waals surface area contributed by atoms with E-state index >= 15 is 0 Å². The van der Waals surface area contributed by atoms with E-state index in [4.69, 9.17) is 9.31 Å². The standard InChI is InChI=1S/C21H30BNO2S/c1-20(2)15-12-16(20)21(3)17(13-15)24-22(25-21)19(14-8-4-5-9-14)26-18-10-6-7-11-23-18/h6-7,10-11,14-17,19H,4-5,8-9,12-13H2,1-3H3/t15-,16+,17+,19?,21-/m0/s1. The van der Waals surface area contributed by atoms with Gasteiger partial charge in [0.1, 0.15) is 0 Å². The first-order valence-corrected chi connectivity index (χ1v) is 11.3. The van der Waals surface area contributed by atoms with Crippen molar-refractivity contribution in [3.63, 3.8) is 0 Å². The van der Waals surface area contributed by atoms with E-state index in [0.717, 1.165) is 10.9 Å². The van der Waals surface area contributed by atoms with Crippen LogP contribution in [0.25, 0.3) is 0 Å². The second-order valence-corrected chi connectivity index (χ2v) is 10.8. The SMILES string of the molecule is CC1(C)[C@H]2C[C@H]1[C@]1(C)OB(C(Sc3ccccn3)C3CCCC3)O[C@@H]1C2. The molecule has 26 heavy (non-hydrogen) atoms. The molecular weight excluding hydrogens is 341 g/mol. The molecule has 5 fully saturated rings. The third-order valence-corrected chi connectivity index (χ3v) is 9.36. The highest BCUT2D eigenvalue weighted by Gasteiger charge is 2.68. The number of thioether (sulfide) groups is 1. The van der Waals surface area contributed by atoms with Gasteiger partial charge in [0.25, 0.3) is 0 Å². The van der Waals surface area contributed by atoms with Gasteiger partial charge < -0.3 is 9.31 Å². The van der Waals surface area contributed by atoms with E-state index in [1.165, 1.54) is 38.5 Å². The molecule has 5 heteroatoms. The molecule has 0 amide bonds. The maximum Gasteiger partial charge on any atom is 0.472 e. The second-order valence-electron chi connectivity index (χ2n) is 9.63. The summed E-state index contributed by atoms with van der Waals surface area (Å²) in [6, 6.07) is 6.19. The molecule has 0 radical (unpaired) electrons. The van der Waals surface area contributed by atoms with Gasteiger partial charge in [-0.15, -0.1) is 11.8 Å². The summed E-state index contributed by atoms with van der Waals surface area (Å²) in [5.74, 6) is 2.12. The lowest BCUT2D eigenvalue weighted by atomic mass is 9.43. The van der Waals surface area contributed by atoms with E-state index in [-0.39, 0.29) is 18.8 Å². The molecule has 5 aliphatic rings. The summed E-state index contributed by atoms with van der Waals surface area (Å²) in [4.78, 5) is 4.57. The van der Waals surface area contributed by atoms with E-state index in [2.05, 4.69) is 37.9 Å². The average molecular weight is 371 g/mol. The van der Waals surface area contributed by atoms with Gasteiger partial charge in [-0.25, -0.2) is 4.98 Å². The Balaban J connectivity index is 1.39. The lowest BCUT2D eigenvalue weighted by molar-refractivity contribution is -0.199. The van der Waals surface area contributed by atoms with Crippen LogP contribution in [0.5, 0.6) is 0 Å². The predicted octanol–water partition coefficient (Wildman–Crippen LogP) is 5.00. The Bertz CT molecular complexity index is 665. The fourth-order valence-corrected chi connectivity index (χ4v) is 7.51. The van der Waals surface area contributed by atoms with Crippen LogP contribution in [0.2, 0.25) is 0 Å². The predicted molar refractivity (Wildman–Crippen MR) is 106 cm³/mol. The van der Waals surface area contributed by atoms with E-state index < -0.39 is 0 Å². The number of pyridine rings is 1. The van der Waals surface area contributed by atoms with Crippen LogP contribution >= 0.6 is 11.8 Å². The Morgan fingerprint density at radius 1 is 1.19 bits per heavy atom. The lowest BCUT2D eigenvalue weighted by Gasteiger charge is -2.64. The topological polar surface area (TPSA) is 31.4 Å². The molecule has 0 spiro atoms. The largest absolute Gasteiger partial charge is 0.472 e. The molecule has 0 N–H and O–H groups in total. The zero-order valence-electron chi connectivity index (χ0n) is 16.2. The minimum absolute atomic E-state index is 0.0877. The van der Waals surface area contributed by atoms with Crippen molar-refractivity contribution in [2.45, 2.75) is 81.2 Å². The molecule has 6 rings (SSSR count). The second kappa shape index (κ2) is 6.25. The summed E-state index contributed by atoms with van der Waals surface area (Å²) < 4.78 is 13.5. The highest BCUT2D eigenvalue weighted by atomic mass is 32.2. The van der Waals surface area contributed by atoms with Crippen LogP contribution in [0.3, 0.4) is 0 Å². The van der Waals surface area contributed by atoms with Crippen LogP contribution in [0.4, 0.5) is 0 Å². The molecule has 1 aromatic rings. The van der Waals surface area contributed by atoms with Gasteiger partial charge >= 0.3 is 7.12 Å². The fourth-order valence-electron chi connectivity index (χ4n) is 6.25. The summed E-state index contributed by atoms with van der Waals surface area (Å²) in [7, 11) is -0.0877. The zero-order valence-corrected chi connectivity index (χ0v) is 17.0. The number of aromatic nitrogens is 1. The molecule has 2 bridgehead atoms. The summed E-state index contributed by atoms with van der Waals surface area (Å²) in [6.07, 6.45) is 9.93. The maximum absolute atomic E-state index is 6.81. The van der Waals surface area contributed by atoms with Gasteiger partial charge in [-0.2, -0.15) is 0 Å². The molecule has 4 saturated carbocycles. The number of hydrogen-bond donors (Lipinski definition) is 0. The molecule has 1 aromatic heterocycles. The minimum Gasteiger partial charge on any atom is -0.405 e. The van der Waals surface area contributed by atoms with Crippen molar-refractivity contribution in [2.24, 2.45) is 23.2 Å². The van der Waals surface area contributed by atoms with Crippen molar-refractivity contribution in [1.82, 2.24) is 4.98 Å². The average Bonchev–Trinajstić information content (AvgIpc) is 3.27. The Morgan fingerprint density at radius 2 is 2.00 bits per heavy atom. The molecule has 3 nitrogen and oxygen atoms in total. The van der Waals surface area contributed by atoms with Crippen molar-refractivity contribution in [2.75, 3.05) is 0 Å². The first-order valence-electron chi connectivity index (χ1n) is 10.4. The normalized spacial score (nSPS) is 39.5. The van der Waals surface area contributed by atoms with Crippen molar-refractivity contribution >= 4 is 18.9 Å². The summed E-state index contributed by atoms with van der Waals surface area (Å²) in [5, 5.41) is 1.45. The van der Waals surface area contributed by atoms with Gasteiger partial charge in [-0.3, -0.25) is 0 Å². The van der Waals surface area contributed by atoms with Crippen molar-refractivity contribution < 1.29 is 9.31 Å².